The van der Waals surface area contributed by atoms with E-state index in [9.17, 15) is 43.2 Å². The Balaban J connectivity index is 3.75. The fourth-order valence-corrected chi connectivity index (χ4v) is 3.48. The fraction of sp³-hybridized carbons (Fsp3) is 0.250. The van der Waals surface area contributed by atoms with Crippen LogP contribution in [0.3, 0.4) is 0 Å². The van der Waals surface area contributed by atoms with Gasteiger partial charge in [-0.2, -0.15) is 26.3 Å². The first kappa shape index (κ1) is 16.8. The van der Waals surface area contributed by atoms with Crippen LogP contribution in [0.1, 0.15) is 0 Å². The highest BCUT2D eigenvalue weighted by Gasteiger charge is 2.53. The van der Waals surface area contributed by atoms with Crippen LogP contribution < -0.4 is 0 Å². The second-order valence-electron chi connectivity index (χ2n) is 3.35. The van der Waals surface area contributed by atoms with E-state index in [0.717, 1.165) is 0 Å². The molecule has 20 heavy (non-hydrogen) atoms. The highest BCUT2D eigenvalue weighted by molar-refractivity contribution is 7.95. The zero-order valence-electron chi connectivity index (χ0n) is 9.03. The standard InChI is InChI=1S/C8H4F6O4S2/c9-7(10,11)19(15,16)5-3-1-2-4-6(5)20(17,18)8(12,13)14/h1-4H. The number of alkyl halides is 6. The van der Waals surface area contributed by atoms with Gasteiger partial charge in [-0.1, -0.05) is 12.1 Å². The molecule has 0 saturated carbocycles. The van der Waals surface area contributed by atoms with E-state index in [1.807, 2.05) is 0 Å². The molecule has 0 unspecified atom stereocenters. The molecule has 0 fully saturated rings. The molecule has 1 aromatic rings. The molecule has 1 rings (SSSR count). The van der Waals surface area contributed by atoms with Crippen LogP contribution in [0.25, 0.3) is 0 Å². The number of hydrogen-bond donors (Lipinski definition) is 0. The van der Waals surface area contributed by atoms with Crippen LogP contribution in [0.4, 0.5) is 26.3 Å². The predicted molar refractivity (Wildman–Crippen MR) is 52.9 cm³/mol. The Labute approximate surface area is 108 Å². The van der Waals surface area contributed by atoms with E-state index in [0.29, 0.717) is 12.1 Å². The molecule has 12 heteroatoms. The number of halogens is 6. The number of hydrogen-bond acceptors (Lipinski definition) is 4. The van der Waals surface area contributed by atoms with Crippen molar-refractivity contribution in [3.05, 3.63) is 24.3 Å². The van der Waals surface area contributed by atoms with Crippen LogP contribution in [-0.2, 0) is 19.7 Å². The second-order valence-corrected chi connectivity index (χ2v) is 7.16. The minimum atomic E-state index is -6.23. The summed E-state index contributed by atoms with van der Waals surface area (Å²) in [5.74, 6) is 0. The van der Waals surface area contributed by atoms with E-state index >= 15 is 0 Å². The maximum absolute atomic E-state index is 12.3. The van der Waals surface area contributed by atoms with Crippen molar-refractivity contribution in [2.24, 2.45) is 0 Å². The van der Waals surface area contributed by atoms with Gasteiger partial charge >= 0.3 is 11.0 Å². The molecule has 0 N–H and O–H groups in total. The molecule has 0 heterocycles. The van der Waals surface area contributed by atoms with Crippen molar-refractivity contribution in [2.45, 2.75) is 20.8 Å². The third-order valence-corrected chi connectivity index (χ3v) is 5.26. The lowest BCUT2D eigenvalue weighted by molar-refractivity contribution is -0.0456. The summed E-state index contributed by atoms with van der Waals surface area (Å²) < 4.78 is 118. The predicted octanol–water partition coefficient (Wildman–Crippen LogP) is 2.27. The molecule has 0 aliphatic heterocycles. The van der Waals surface area contributed by atoms with Crippen LogP contribution in [0.15, 0.2) is 34.1 Å². The van der Waals surface area contributed by atoms with Gasteiger partial charge in [0.15, 0.2) is 0 Å². The topological polar surface area (TPSA) is 68.3 Å². The molecule has 1 aromatic carbocycles. The number of sulfone groups is 2. The molecule has 0 spiro atoms. The van der Waals surface area contributed by atoms with Crippen molar-refractivity contribution in [3.8, 4) is 0 Å². The average molecular weight is 342 g/mol. The summed E-state index contributed by atoms with van der Waals surface area (Å²) >= 11 is 0. The smallest absolute Gasteiger partial charge is 0.214 e. The summed E-state index contributed by atoms with van der Waals surface area (Å²) in [6.45, 7) is 0. The van der Waals surface area contributed by atoms with Crippen LogP contribution in [0.2, 0.25) is 0 Å². The number of benzene rings is 1. The first-order valence-electron chi connectivity index (χ1n) is 4.44. The largest absolute Gasteiger partial charge is 0.501 e. The third kappa shape index (κ3) is 2.61. The Hall–Kier alpha value is -1.30. The summed E-state index contributed by atoms with van der Waals surface area (Å²) in [5.41, 5.74) is -11.9. The zero-order chi connectivity index (χ0) is 16.0. The van der Waals surface area contributed by atoms with Crippen molar-refractivity contribution < 1.29 is 43.2 Å². The molecule has 0 amide bonds. The molecule has 4 nitrogen and oxygen atoms in total. The summed E-state index contributed by atoms with van der Waals surface area (Å²) in [4.78, 5) is -3.94. The molecule has 0 aromatic heterocycles. The van der Waals surface area contributed by atoms with E-state index in [1.165, 1.54) is 0 Å². The summed E-state index contributed by atoms with van der Waals surface area (Å²) in [6.07, 6.45) is 0. The Morgan fingerprint density at radius 2 is 0.900 bits per heavy atom. The first-order valence-corrected chi connectivity index (χ1v) is 7.41. The van der Waals surface area contributed by atoms with Crippen LogP contribution in [0.5, 0.6) is 0 Å². The maximum atomic E-state index is 12.3. The SMILES string of the molecule is O=S(=O)(c1ccccc1S(=O)(=O)C(F)(F)F)C(F)(F)F. The fourth-order valence-electron chi connectivity index (χ4n) is 1.14. The molecule has 114 valence electrons. The van der Waals surface area contributed by atoms with Crippen LogP contribution >= 0.6 is 0 Å². The minimum absolute atomic E-state index is 0.140. The summed E-state index contributed by atoms with van der Waals surface area (Å²) in [6, 6.07) is 1.63. The first-order chi connectivity index (χ1) is 8.73. The van der Waals surface area contributed by atoms with E-state index < -0.39 is 40.5 Å². The van der Waals surface area contributed by atoms with Crippen LogP contribution in [0, 0.1) is 0 Å². The van der Waals surface area contributed by atoms with Gasteiger partial charge in [-0.05, 0) is 12.1 Å². The lowest BCUT2D eigenvalue weighted by Gasteiger charge is -2.14. The second kappa shape index (κ2) is 4.62. The molecule has 0 aliphatic carbocycles. The van der Waals surface area contributed by atoms with Gasteiger partial charge < -0.3 is 0 Å². The van der Waals surface area contributed by atoms with Crippen molar-refractivity contribution >= 4 is 19.7 Å². The van der Waals surface area contributed by atoms with Gasteiger partial charge in [0.25, 0.3) is 19.7 Å². The Bertz CT molecular complexity index is 651. The highest BCUT2D eigenvalue weighted by atomic mass is 32.2. The minimum Gasteiger partial charge on any atom is -0.214 e. The van der Waals surface area contributed by atoms with Gasteiger partial charge in [0, 0.05) is 0 Å². The van der Waals surface area contributed by atoms with Gasteiger partial charge in [0.05, 0.1) is 9.79 Å². The van der Waals surface area contributed by atoms with Gasteiger partial charge in [-0.15, -0.1) is 0 Å². The van der Waals surface area contributed by atoms with Crippen LogP contribution in [-0.4, -0.2) is 27.9 Å². The summed E-state index contributed by atoms with van der Waals surface area (Å²) in [7, 11) is -12.5. The van der Waals surface area contributed by atoms with E-state index in [4.69, 9.17) is 0 Å². The van der Waals surface area contributed by atoms with E-state index in [-0.39, 0.29) is 12.1 Å². The van der Waals surface area contributed by atoms with Crippen molar-refractivity contribution in [2.75, 3.05) is 0 Å². The lowest BCUT2D eigenvalue weighted by atomic mass is 10.4. The van der Waals surface area contributed by atoms with Gasteiger partial charge in [0.2, 0.25) is 0 Å². The average Bonchev–Trinajstić information content (AvgIpc) is 2.26. The Morgan fingerprint density at radius 3 is 1.10 bits per heavy atom. The van der Waals surface area contributed by atoms with E-state index in [2.05, 4.69) is 0 Å². The molecule has 0 atom stereocenters. The molecule has 0 radical (unpaired) electrons. The molecule has 0 bridgehead atoms. The summed E-state index contributed by atoms with van der Waals surface area (Å²) in [5, 5.41) is 0. The normalized spacial score (nSPS) is 14.3. The van der Waals surface area contributed by atoms with Crippen molar-refractivity contribution in [1.82, 2.24) is 0 Å². The van der Waals surface area contributed by atoms with Crippen molar-refractivity contribution in [1.29, 1.82) is 0 Å². The van der Waals surface area contributed by atoms with Gasteiger partial charge in [-0.3, -0.25) is 0 Å². The monoisotopic (exact) mass is 342 g/mol. The van der Waals surface area contributed by atoms with Crippen molar-refractivity contribution in [3.63, 3.8) is 0 Å². The van der Waals surface area contributed by atoms with E-state index in [1.54, 1.807) is 0 Å². The molecular formula is C8H4F6O4S2. The number of rotatable bonds is 2. The highest BCUT2D eigenvalue weighted by Crippen LogP contribution is 2.38. The van der Waals surface area contributed by atoms with Gasteiger partial charge in [-0.25, -0.2) is 16.8 Å². The molecule has 0 aliphatic rings. The molecule has 0 saturated heterocycles. The maximum Gasteiger partial charge on any atom is 0.501 e. The Morgan fingerprint density at radius 1 is 0.650 bits per heavy atom. The zero-order valence-corrected chi connectivity index (χ0v) is 10.7. The lowest BCUT2D eigenvalue weighted by Crippen LogP contribution is -2.29. The Kier molecular flexibility index (Phi) is 3.87. The van der Waals surface area contributed by atoms with Gasteiger partial charge in [0.1, 0.15) is 0 Å². The third-order valence-electron chi connectivity index (χ3n) is 2.04. The quantitative estimate of drug-likeness (QED) is 0.774. The molecular weight excluding hydrogens is 338 g/mol.